The molecule has 1 saturated heterocycles. The number of pyridine rings is 2. The van der Waals surface area contributed by atoms with Crippen molar-refractivity contribution in [2.24, 2.45) is 0 Å². The van der Waals surface area contributed by atoms with Crippen LogP contribution in [0.1, 0.15) is 12.0 Å². The molecule has 0 atom stereocenters. The van der Waals surface area contributed by atoms with E-state index < -0.39 is 5.82 Å². The molecular formula is C25H22FN7O3. The van der Waals surface area contributed by atoms with Crippen molar-refractivity contribution < 1.29 is 18.7 Å². The second-order valence-corrected chi connectivity index (χ2v) is 8.37. The van der Waals surface area contributed by atoms with Crippen LogP contribution in [-0.2, 0) is 14.3 Å². The Bertz CT molecular complexity index is 1470. The Morgan fingerprint density at radius 1 is 1.06 bits per heavy atom. The van der Waals surface area contributed by atoms with Crippen LogP contribution < -0.4 is 10.2 Å². The molecule has 10 nitrogen and oxygen atoms in total. The van der Waals surface area contributed by atoms with E-state index >= 15 is 0 Å². The van der Waals surface area contributed by atoms with Gasteiger partial charge >= 0.3 is 0 Å². The summed E-state index contributed by atoms with van der Waals surface area (Å²) < 4.78 is 27.2. The number of ether oxygens (including phenoxy) is 2. The Morgan fingerprint density at radius 3 is 2.81 bits per heavy atom. The van der Waals surface area contributed by atoms with Crippen LogP contribution in [0.25, 0.3) is 22.3 Å². The van der Waals surface area contributed by atoms with Crippen LogP contribution in [0.3, 0.4) is 0 Å². The van der Waals surface area contributed by atoms with Gasteiger partial charge in [-0.05, 0) is 36.3 Å². The monoisotopic (exact) mass is 487 g/mol. The van der Waals surface area contributed by atoms with E-state index in [9.17, 15) is 9.18 Å². The summed E-state index contributed by atoms with van der Waals surface area (Å²) in [6.07, 6.45) is 9.18. The fourth-order valence-electron chi connectivity index (χ4n) is 4.30. The van der Waals surface area contributed by atoms with Gasteiger partial charge in [0.05, 0.1) is 49.6 Å². The Kier molecular flexibility index (Phi) is 5.84. The van der Waals surface area contributed by atoms with Crippen LogP contribution in [0.5, 0.6) is 0 Å². The van der Waals surface area contributed by atoms with Gasteiger partial charge in [0.25, 0.3) is 5.91 Å². The van der Waals surface area contributed by atoms with Gasteiger partial charge in [0.15, 0.2) is 5.82 Å². The van der Waals surface area contributed by atoms with Crippen molar-refractivity contribution in [1.82, 2.24) is 24.6 Å². The van der Waals surface area contributed by atoms with Gasteiger partial charge in [0.2, 0.25) is 5.95 Å². The summed E-state index contributed by atoms with van der Waals surface area (Å²) in [5.74, 6) is 0.0268. The predicted molar refractivity (Wildman–Crippen MR) is 130 cm³/mol. The Hall–Kier alpha value is -4.22. The molecule has 0 aromatic carbocycles. The smallest absolute Gasteiger partial charge is 0.253 e. The minimum atomic E-state index is -0.537. The van der Waals surface area contributed by atoms with E-state index in [0.717, 1.165) is 29.3 Å². The first-order valence-electron chi connectivity index (χ1n) is 11.5. The topological polar surface area (TPSA) is 107 Å². The molecule has 0 radical (unpaired) electrons. The molecule has 36 heavy (non-hydrogen) atoms. The first kappa shape index (κ1) is 22.3. The van der Waals surface area contributed by atoms with E-state index in [2.05, 4.69) is 25.4 Å². The highest BCUT2D eigenvalue weighted by Crippen LogP contribution is 2.29. The van der Waals surface area contributed by atoms with Crippen molar-refractivity contribution in [2.45, 2.75) is 6.42 Å². The quantitative estimate of drug-likeness (QED) is 0.457. The largest absolute Gasteiger partial charge is 0.377 e. The molecule has 0 unspecified atom stereocenters. The fraction of sp³-hybridized carbons (Fsp3) is 0.240. The first-order valence-corrected chi connectivity index (χ1v) is 11.5. The Balaban J connectivity index is 1.27. The number of fused-ring (bicyclic) bond motifs is 1. The van der Waals surface area contributed by atoms with Gasteiger partial charge in [-0.25, -0.2) is 23.9 Å². The molecule has 4 aromatic heterocycles. The van der Waals surface area contributed by atoms with Gasteiger partial charge in [0.1, 0.15) is 18.1 Å². The average Bonchev–Trinajstić information content (AvgIpc) is 3.34. The zero-order chi connectivity index (χ0) is 24.5. The zero-order valence-electron chi connectivity index (χ0n) is 19.2. The minimum absolute atomic E-state index is 0.0603. The number of hydrogen-bond donors (Lipinski definition) is 1. The summed E-state index contributed by atoms with van der Waals surface area (Å²) in [5.41, 5.74) is 4.47. The lowest BCUT2D eigenvalue weighted by molar-refractivity contribution is -0.125. The summed E-state index contributed by atoms with van der Waals surface area (Å²) in [7, 11) is 0. The maximum atomic E-state index is 14.8. The molecular weight excluding hydrogens is 465 g/mol. The SMILES string of the molecule is O=C1COCCN1c1ccc(Nc2ncc(F)c(-c3ccn4ncc(C5=CCOCC5)c4c3)n2)nc1. The lowest BCUT2D eigenvalue weighted by Crippen LogP contribution is -2.41. The summed E-state index contributed by atoms with van der Waals surface area (Å²) >= 11 is 0. The molecule has 182 valence electrons. The molecule has 1 amide bonds. The van der Waals surface area contributed by atoms with Crippen molar-refractivity contribution >= 4 is 34.5 Å². The molecule has 6 rings (SSSR count). The number of rotatable bonds is 5. The van der Waals surface area contributed by atoms with Crippen LogP contribution in [0.2, 0.25) is 0 Å². The normalized spacial score (nSPS) is 16.3. The molecule has 1 N–H and O–H groups in total. The Labute approximate surface area is 205 Å². The third kappa shape index (κ3) is 4.30. The van der Waals surface area contributed by atoms with Crippen molar-refractivity contribution in [3.05, 3.63) is 66.5 Å². The van der Waals surface area contributed by atoms with E-state index in [1.807, 2.05) is 18.3 Å². The van der Waals surface area contributed by atoms with Crippen molar-refractivity contribution in [3.63, 3.8) is 0 Å². The molecule has 6 heterocycles. The van der Waals surface area contributed by atoms with E-state index in [1.165, 1.54) is 0 Å². The molecule has 4 aromatic rings. The van der Waals surface area contributed by atoms with Gasteiger partial charge in [-0.1, -0.05) is 6.08 Å². The predicted octanol–water partition coefficient (Wildman–Crippen LogP) is 3.24. The maximum absolute atomic E-state index is 14.8. The lowest BCUT2D eigenvalue weighted by Gasteiger charge is -2.26. The highest BCUT2D eigenvalue weighted by Gasteiger charge is 2.20. The van der Waals surface area contributed by atoms with E-state index in [-0.39, 0.29) is 24.2 Å². The number of aromatic nitrogens is 5. The molecule has 11 heteroatoms. The van der Waals surface area contributed by atoms with E-state index in [0.29, 0.717) is 43.4 Å². The first-order chi connectivity index (χ1) is 17.7. The number of halogens is 1. The number of hydrogen-bond acceptors (Lipinski definition) is 8. The number of amides is 1. The number of carbonyl (C=O) groups is 1. The molecule has 0 bridgehead atoms. The fourth-order valence-corrected chi connectivity index (χ4v) is 4.30. The van der Waals surface area contributed by atoms with Gasteiger partial charge in [-0.15, -0.1) is 0 Å². The van der Waals surface area contributed by atoms with Crippen LogP contribution in [0.4, 0.5) is 21.8 Å². The highest BCUT2D eigenvalue weighted by atomic mass is 19.1. The van der Waals surface area contributed by atoms with Crippen LogP contribution in [-0.4, -0.2) is 63.4 Å². The standard InChI is InChI=1S/C25H22FN7O3/c26-20-14-28-25(30-22-2-1-18(12-27-22)32-7-10-36-15-23(32)34)31-24(20)17-3-6-33-21(11-17)19(13-29-33)16-4-8-35-9-5-16/h1-4,6,11-14H,5,7-10,15H2,(H,27,28,30,31). The van der Waals surface area contributed by atoms with Gasteiger partial charge in [-0.3, -0.25) is 4.79 Å². The van der Waals surface area contributed by atoms with Crippen LogP contribution >= 0.6 is 0 Å². The van der Waals surface area contributed by atoms with E-state index in [1.54, 1.807) is 40.0 Å². The van der Waals surface area contributed by atoms with Gasteiger partial charge in [-0.2, -0.15) is 5.10 Å². The van der Waals surface area contributed by atoms with Crippen molar-refractivity contribution in [2.75, 3.05) is 43.2 Å². The van der Waals surface area contributed by atoms with Gasteiger partial charge < -0.3 is 19.7 Å². The summed E-state index contributed by atoms with van der Waals surface area (Å²) in [6.45, 7) is 2.25. The molecule has 0 spiro atoms. The zero-order valence-corrected chi connectivity index (χ0v) is 19.2. The van der Waals surface area contributed by atoms with Crippen LogP contribution in [0, 0.1) is 5.82 Å². The number of nitrogens with zero attached hydrogens (tertiary/aromatic N) is 6. The number of carbonyl (C=O) groups excluding carboxylic acids is 1. The van der Waals surface area contributed by atoms with Crippen molar-refractivity contribution in [1.29, 1.82) is 0 Å². The third-order valence-electron chi connectivity index (χ3n) is 6.13. The number of morpholine rings is 1. The van der Waals surface area contributed by atoms with E-state index in [4.69, 9.17) is 9.47 Å². The van der Waals surface area contributed by atoms with Crippen LogP contribution in [0.15, 0.2) is 55.1 Å². The highest BCUT2D eigenvalue weighted by molar-refractivity contribution is 5.94. The molecule has 1 fully saturated rings. The second-order valence-electron chi connectivity index (χ2n) is 8.37. The maximum Gasteiger partial charge on any atom is 0.253 e. The summed E-state index contributed by atoms with van der Waals surface area (Å²) in [6, 6.07) is 7.14. The molecule has 2 aliphatic heterocycles. The summed E-state index contributed by atoms with van der Waals surface area (Å²) in [5, 5.41) is 7.44. The summed E-state index contributed by atoms with van der Waals surface area (Å²) in [4.78, 5) is 26.5. The lowest BCUT2D eigenvalue weighted by atomic mass is 10.0. The molecule has 2 aliphatic rings. The molecule has 0 saturated carbocycles. The molecule has 0 aliphatic carbocycles. The third-order valence-corrected chi connectivity index (χ3v) is 6.13. The number of nitrogens with one attached hydrogen (secondary N) is 1. The minimum Gasteiger partial charge on any atom is -0.377 e. The second kappa shape index (κ2) is 9.44. The number of anilines is 3. The Morgan fingerprint density at radius 2 is 2.00 bits per heavy atom. The van der Waals surface area contributed by atoms with Crippen molar-refractivity contribution in [3.8, 4) is 11.3 Å². The average molecular weight is 487 g/mol. The van der Waals surface area contributed by atoms with Gasteiger partial charge in [0, 0.05) is 23.9 Å².